The zero-order chi connectivity index (χ0) is 18.6. The van der Waals surface area contributed by atoms with E-state index in [2.05, 4.69) is 11.0 Å². The number of amidine groups is 1. The summed E-state index contributed by atoms with van der Waals surface area (Å²) >= 11 is 0. The standard InChI is InChI=1S/C18H22N5O3/c1-11-6-7-13(26-4)12(10-11)22-8-5-9-23-14-15(19-17(22)23)20(2)18(25)21(3)16(14)24/h6-7,10,14H,5,8-9H2,1-4H3/q+1. The lowest BCUT2D eigenvalue weighted by atomic mass is 10.1. The summed E-state index contributed by atoms with van der Waals surface area (Å²) in [5.41, 5.74) is 2.04. The second-order valence-corrected chi connectivity index (χ2v) is 6.79. The highest BCUT2D eigenvalue weighted by Crippen LogP contribution is 2.33. The molecule has 3 aliphatic rings. The zero-order valence-corrected chi connectivity index (χ0v) is 15.4. The summed E-state index contributed by atoms with van der Waals surface area (Å²) in [7, 11) is 4.82. The molecule has 3 aliphatic heterocycles. The van der Waals surface area contributed by atoms with Crippen molar-refractivity contribution in [2.45, 2.75) is 19.4 Å². The van der Waals surface area contributed by atoms with Gasteiger partial charge < -0.3 is 4.74 Å². The van der Waals surface area contributed by atoms with Crippen LogP contribution in [0.25, 0.3) is 0 Å². The predicted molar refractivity (Wildman–Crippen MR) is 97.0 cm³/mol. The number of likely N-dealkylation sites (N-methyl/N-ethyl adjacent to an activating group) is 2. The van der Waals surface area contributed by atoms with Crippen LogP contribution in [0.5, 0.6) is 5.75 Å². The van der Waals surface area contributed by atoms with Crippen LogP contribution in [0.2, 0.25) is 0 Å². The molecule has 136 valence electrons. The Bertz CT molecular complexity index is 876. The Morgan fingerprint density at radius 1 is 1.23 bits per heavy atom. The third-order valence-electron chi connectivity index (χ3n) is 5.16. The maximum Gasteiger partial charge on any atom is 0.397 e. The van der Waals surface area contributed by atoms with E-state index >= 15 is 0 Å². The summed E-state index contributed by atoms with van der Waals surface area (Å²) in [6, 6.07) is 5.09. The lowest BCUT2D eigenvalue weighted by molar-refractivity contribution is -0.539. The van der Waals surface area contributed by atoms with Gasteiger partial charge in [-0.15, -0.1) is 0 Å². The molecule has 0 spiro atoms. The second kappa shape index (κ2) is 5.82. The summed E-state index contributed by atoms with van der Waals surface area (Å²) in [5.74, 6) is 1.71. The van der Waals surface area contributed by atoms with Crippen LogP contribution in [0.3, 0.4) is 0 Å². The molecular weight excluding hydrogens is 334 g/mol. The normalized spacial score (nSPS) is 22.5. The number of fused-ring (bicyclic) bond motifs is 2. The Morgan fingerprint density at radius 2 is 2.00 bits per heavy atom. The molecule has 1 saturated heterocycles. The van der Waals surface area contributed by atoms with E-state index < -0.39 is 6.04 Å². The van der Waals surface area contributed by atoms with E-state index in [9.17, 15) is 9.59 Å². The topological polar surface area (TPSA) is 68.5 Å². The van der Waals surface area contributed by atoms with Crippen molar-refractivity contribution in [2.75, 3.05) is 39.2 Å². The molecule has 3 amide bonds. The van der Waals surface area contributed by atoms with Crippen molar-refractivity contribution >= 4 is 29.4 Å². The van der Waals surface area contributed by atoms with E-state index in [1.807, 2.05) is 23.6 Å². The van der Waals surface area contributed by atoms with E-state index in [4.69, 9.17) is 9.73 Å². The number of ether oxygens (including phenoxy) is 1. The van der Waals surface area contributed by atoms with Crippen LogP contribution in [0.4, 0.5) is 10.5 Å². The first-order valence-corrected chi connectivity index (χ1v) is 8.63. The van der Waals surface area contributed by atoms with Gasteiger partial charge in [-0.05, 0) is 24.6 Å². The Balaban J connectivity index is 1.83. The molecule has 0 radical (unpaired) electrons. The largest absolute Gasteiger partial charge is 0.493 e. The molecule has 8 heteroatoms. The number of aryl methyl sites for hydroxylation is 1. The number of hydrogen-bond acceptors (Lipinski definition) is 5. The van der Waals surface area contributed by atoms with Gasteiger partial charge >= 0.3 is 12.0 Å². The number of guanidine groups is 1. The molecule has 1 atom stereocenters. The van der Waals surface area contributed by atoms with Crippen LogP contribution in [0.1, 0.15) is 12.0 Å². The highest BCUT2D eigenvalue weighted by molar-refractivity contribution is 6.24. The number of hydrogen-bond donors (Lipinski definition) is 0. The van der Waals surface area contributed by atoms with E-state index in [1.54, 1.807) is 14.2 Å². The summed E-state index contributed by atoms with van der Waals surface area (Å²) in [5, 5.41) is 0. The number of anilines is 1. The first-order valence-electron chi connectivity index (χ1n) is 8.63. The van der Waals surface area contributed by atoms with Crippen molar-refractivity contribution in [1.29, 1.82) is 0 Å². The van der Waals surface area contributed by atoms with E-state index in [0.29, 0.717) is 11.8 Å². The van der Waals surface area contributed by atoms with Crippen molar-refractivity contribution in [1.82, 2.24) is 9.80 Å². The smallest absolute Gasteiger partial charge is 0.397 e. The van der Waals surface area contributed by atoms with Crippen LogP contribution >= 0.6 is 0 Å². The van der Waals surface area contributed by atoms with Crippen molar-refractivity contribution in [3.8, 4) is 5.75 Å². The molecular formula is C18H22N5O3+. The Morgan fingerprint density at radius 3 is 2.73 bits per heavy atom. The molecule has 0 bridgehead atoms. The van der Waals surface area contributed by atoms with Crippen molar-refractivity contribution in [3.05, 3.63) is 23.8 Å². The summed E-state index contributed by atoms with van der Waals surface area (Å²) in [6.07, 6.45) is 0.883. The molecule has 26 heavy (non-hydrogen) atoms. The van der Waals surface area contributed by atoms with Crippen LogP contribution in [0.15, 0.2) is 23.2 Å². The van der Waals surface area contributed by atoms with Gasteiger partial charge in [0.2, 0.25) is 11.9 Å². The number of amides is 3. The first-order chi connectivity index (χ1) is 12.4. The molecule has 4 rings (SSSR count). The van der Waals surface area contributed by atoms with Gasteiger partial charge in [0.05, 0.1) is 20.2 Å². The summed E-state index contributed by atoms with van der Waals surface area (Å²) in [6.45, 7) is 3.52. The van der Waals surface area contributed by atoms with Crippen LogP contribution in [-0.2, 0) is 4.79 Å². The predicted octanol–water partition coefficient (Wildman–Crippen LogP) is 0.887. The van der Waals surface area contributed by atoms with Crippen molar-refractivity contribution < 1.29 is 18.9 Å². The molecule has 8 nitrogen and oxygen atoms in total. The molecule has 0 aromatic heterocycles. The molecule has 0 N–H and O–H groups in total. The van der Waals surface area contributed by atoms with Gasteiger partial charge in [-0.2, -0.15) is 0 Å². The van der Waals surface area contributed by atoms with Gasteiger partial charge in [0.25, 0.3) is 5.91 Å². The molecule has 1 fully saturated rings. The average Bonchev–Trinajstić information content (AvgIpc) is 3.04. The molecule has 1 unspecified atom stereocenters. The number of rotatable bonds is 2. The number of carbonyl (C=O) groups is 2. The van der Waals surface area contributed by atoms with Gasteiger partial charge in [-0.25, -0.2) is 14.3 Å². The minimum atomic E-state index is -0.545. The third kappa shape index (κ3) is 2.21. The van der Waals surface area contributed by atoms with E-state index in [-0.39, 0.29) is 11.9 Å². The van der Waals surface area contributed by atoms with Crippen LogP contribution in [0, 0.1) is 6.92 Å². The molecule has 0 aliphatic carbocycles. The minimum absolute atomic E-state index is 0.236. The summed E-state index contributed by atoms with van der Waals surface area (Å²) < 4.78 is 7.52. The lowest BCUT2D eigenvalue weighted by Crippen LogP contribution is -2.62. The number of methoxy groups -OCH3 is 1. The number of imide groups is 1. The maximum atomic E-state index is 12.7. The Labute approximate surface area is 152 Å². The second-order valence-electron chi connectivity index (χ2n) is 6.79. The highest BCUT2D eigenvalue weighted by Gasteiger charge is 2.53. The Kier molecular flexibility index (Phi) is 3.71. The number of nitrogens with zero attached hydrogens (tertiary/aromatic N) is 5. The zero-order valence-electron chi connectivity index (χ0n) is 15.4. The van der Waals surface area contributed by atoms with Crippen LogP contribution in [-0.4, -0.2) is 78.4 Å². The minimum Gasteiger partial charge on any atom is -0.493 e. The van der Waals surface area contributed by atoms with Crippen LogP contribution < -0.4 is 9.64 Å². The average molecular weight is 356 g/mol. The SMILES string of the molecule is COc1ccc(C)cc1N1CCC[N+]2=C1N=C1C2C(=O)N(C)C(=O)N1C. The van der Waals surface area contributed by atoms with E-state index in [0.717, 1.165) is 36.5 Å². The van der Waals surface area contributed by atoms with Crippen molar-refractivity contribution in [2.24, 2.45) is 4.99 Å². The molecule has 3 heterocycles. The molecule has 0 saturated carbocycles. The third-order valence-corrected chi connectivity index (χ3v) is 5.16. The van der Waals surface area contributed by atoms with Gasteiger partial charge in [0.15, 0.2) is 5.75 Å². The lowest BCUT2D eigenvalue weighted by Gasteiger charge is -2.32. The van der Waals surface area contributed by atoms with E-state index in [1.165, 1.54) is 16.8 Å². The van der Waals surface area contributed by atoms with Gasteiger partial charge in [0, 0.05) is 20.5 Å². The number of carbonyl (C=O) groups excluding carboxylic acids is 2. The quantitative estimate of drug-likeness (QED) is 0.738. The number of benzene rings is 1. The summed E-state index contributed by atoms with van der Waals surface area (Å²) in [4.78, 5) is 34.4. The fourth-order valence-electron chi connectivity index (χ4n) is 3.77. The van der Waals surface area contributed by atoms with Gasteiger partial charge in [-0.3, -0.25) is 14.6 Å². The monoisotopic (exact) mass is 356 g/mol. The Hall–Kier alpha value is -2.90. The van der Waals surface area contributed by atoms with Gasteiger partial charge in [-0.1, -0.05) is 11.1 Å². The molecule has 1 aromatic carbocycles. The fraction of sp³-hybridized carbons (Fsp3) is 0.444. The first kappa shape index (κ1) is 16.6. The van der Waals surface area contributed by atoms with Crippen molar-refractivity contribution in [3.63, 3.8) is 0 Å². The molecule has 1 aromatic rings. The fourth-order valence-corrected chi connectivity index (χ4v) is 3.77. The number of urea groups is 1. The van der Waals surface area contributed by atoms with Gasteiger partial charge in [0.1, 0.15) is 5.69 Å². The highest BCUT2D eigenvalue weighted by atomic mass is 16.5. The maximum absolute atomic E-state index is 12.7. The number of aliphatic imine (C=N–C) groups is 1.